The summed E-state index contributed by atoms with van der Waals surface area (Å²) in [6, 6.07) is 0.414. The smallest absolute Gasteiger partial charge is 0.358 e. The van der Waals surface area contributed by atoms with Crippen LogP contribution in [0.2, 0.25) is 0 Å². The average Bonchev–Trinajstić information content (AvgIpc) is 2.14. The van der Waals surface area contributed by atoms with Crippen LogP contribution in [0.5, 0.6) is 0 Å². The third-order valence-corrected chi connectivity index (χ3v) is 3.23. The van der Waals surface area contributed by atoms with Crippen molar-refractivity contribution in [2.24, 2.45) is 0 Å². The molecule has 0 saturated carbocycles. The normalized spacial score (nSPS) is 11.8. The van der Waals surface area contributed by atoms with E-state index in [1.54, 1.807) is 0 Å². The van der Waals surface area contributed by atoms with Crippen LogP contribution < -0.4 is 0 Å². The molecular formula is C7H5ClF2N2O4S. The van der Waals surface area contributed by atoms with Crippen molar-refractivity contribution in [1.29, 1.82) is 0 Å². The first-order chi connectivity index (χ1) is 7.64. The van der Waals surface area contributed by atoms with E-state index in [1.165, 1.54) is 0 Å². The van der Waals surface area contributed by atoms with Crippen LogP contribution in [0.1, 0.15) is 17.7 Å². The number of aryl methyl sites for hydroxylation is 1. The molecule has 0 unspecified atom stereocenters. The molecular weight excluding hydrogens is 282 g/mol. The van der Waals surface area contributed by atoms with E-state index in [2.05, 4.69) is 4.98 Å². The van der Waals surface area contributed by atoms with Crippen LogP contribution in [-0.4, -0.2) is 18.3 Å². The average molecular weight is 287 g/mol. The molecule has 1 aromatic heterocycles. The summed E-state index contributed by atoms with van der Waals surface area (Å²) >= 11 is 0. The summed E-state index contributed by atoms with van der Waals surface area (Å²) in [6.07, 6.45) is -3.15. The number of aromatic nitrogens is 1. The maximum Gasteiger partial charge on any atom is 0.365 e. The van der Waals surface area contributed by atoms with Crippen LogP contribution in [0.15, 0.2) is 11.0 Å². The standard InChI is InChI=1S/C7H5ClF2N2O4S/c1-3-6(7(9)10)4(17(8,15)16)2-5(11-3)12(13)14/h2,7H,1H3. The molecule has 0 aliphatic carbocycles. The van der Waals surface area contributed by atoms with Gasteiger partial charge in [-0.1, -0.05) is 0 Å². The second kappa shape index (κ2) is 4.49. The molecule has 0 aromatic carbocycles. The summed E-state index contributed by atoms with van der Waals surface area (Å²) in [7, 11) is 0.436. The molecule has 94 valence electrons. The van der Waals surface area contributed by atoms with Crippen LogP contribution >= 0.6 is 10.7 Å². The van der Waals surface area contributed by atoms with Gasteiger partial charge in [-0.25, -0.2) is 17.2 Å². The van der Waals surface area contributed by atoms with E-state index in [4.69, 9.17) is 10.7 Å². The fourth-order valence-corrected chi connectivity index (χ4v) is 2.33. The Hall–Kier alpha value is -1.35. The van der Waals surface area contributed by atoms with E-state index < -0.39 is 42.4 Å². The zero-order valence-electron chi connectivity index (χ0n) is 8.22. The van der Waals surface area contributed by atoms with Crippen LogP contribution in [-0.2, 0) is 9.05 Å². The Kier molecular flexibility index (Phi) is 3.62. The maximum atomic E-state index is 12.6. The Morgan fingerprint density at radius 1 is 1.53 bits per heavy atom. The van der Waals surface area contributed by atoms with Crippen LogP contribution in [0.25, 0.3) is 0 Å². The lowest BCUT2D eigenvalue weighted by Crippen LogP contribution is -2.06. The van der Waals surface area contributed by atoms with Crippen molar-refractivity contribution < 1.29 is 22.1 Å². The first-order valence-electron chi connectivity index (χ1n) is 4.03. The minimum absolute atomic E-state index is 0.414. The Morgan fingerprint density at radius 3 is 2.41 bits per heavy atom. The summed E-state index contributed by atoms with van der Waals surface area (Å²) in [5, 5.41) is 10.4. The fourth-order valence-electron chi connectivity index (χ4n) is 1.20. The monoisotopic (exact) mass is 286 g/mol. The minimum Gasteiger partial charge on any atom is -0.358 e. The Morgan fingerprint density at radius 2 is 2.06 bits per heavy atom. The lowest BCUT2D eigenvalue weighted by atomic mass is 10.2. The van der Waals surface area contributed by atoms with E-state index in [0.29, 0.717) is 6.07 Å². The first-order valence-corrected chi connectivity index (χ1v) is 6.34. The van der Waals surface area contributed by atoms with Gasteiger partial charge in [0.2, 0.25) is 0 Å². The van der Waals surface area contributed by atoms with Crippen LogP contribution in [0.4, 0.5) is 14.6 Å². The summed E-state index contributed by atoms with van der Waals surface area (Å²) in [5.74, 6) is -0.855. The van der Waals surface area contributed by atoms with Crippen LogP contribution in [0.3, 0.4) is 0 Å². The van der Waals surface area contributed by atoms with Gasteiger partial charge in [0.1, 0.15) is 4.90 Å². The molecule has 1 rings (SSSR count). The lowest BCUT2D eigenvalue weighted by Gasteiger charge is -2.06. The highest BCUT2D eigenvalue weighted by atomic mass is 35.7. The molecule has 1 aromatic rings. The molecule has 6 nitrogen and oxygen atoms in total. The van der Waals surface area contributed by atoms with Crippen molar-refractivity contribution in [2.45, 2.75) is 18.2 Å². The van der Waals surface area contributed by atoms with E-state index in [0.717, 1.165) is 6.92 Å². The largest absolute Gasteiger partial charge is 0.365 e. The molecule has 0 fully saturated rings. The molecule has 17 heavy (non-hydrogen) atoms. The number of halogens is 3. The summed E-state index contributed by atoms with van der Waals surface area (Å²) < 4.78 is 47.4. The molecule has 0 bridgehead atoms. The number of nitrogens with zero attached hydrogens (tertiary/aromatic N) is 2. The highest BCUT2D eigenvalue weighted by molar-refractivity contribution is 8.13. The zero-order valence-corrected chi connectivity index (χ0v) is 9.80. The number of nitro groups is 1. The van der Waals surface area contributed by atoms with E-state index in [9.17, 15) is 27.3 Å². The lowest BCUT2D eigenvalue weighted by molar-refractivity contribution is -0.389. The molecule has 0 radical (unpaired) electrons. The van der Waals surface area contributed by atoms with E-state index in [-0.39, 0.29) is 0 Å². The Labute approximate surface area is 98.8 Å². The summed E-state index contributed by atoms with van der Waals surface area (Å²) in [4.78, 5) is 11.7. The Balaban J connectivity index is 3.69. The third kappa shape index (κ3) is 2.86. The predicted octanol–water partition coefficient (Wildman–Crippen LogP) is 2.16. The van der Waals surface area contributed by atoms with Crippen LogP contribution in [0, 0.1) is 17.0 Å². The second-order valence-electron chi connectivity index (χ2n) is 2.97. The molecule has 0 atom stereocenters. The third-order valence-electron chi connectivity index (χ3n) is 1.87. The van der Waals surface area contributed by atoms with Gasteiger partial charge in [0.15, 0.2) is 5.69 Å². The molecule has 0 aliphatic rings. The Bertz CT molecular complexity index is 575. The van der Waals surface area contributed by atoms with Gasteiger partial charge in [0, 0.05) is 17.6 Å². The minimum atomic E-state index is -4.51. The predicted molar refractivity (Wildman–Crippen MR) is 53.6 cm³/mol. The summed E-state index contributed by atoms with van der Waals surface area (Å²) in [5.41, 5.74) is -1.38. The molecule has 0 spiro atoms. The van der Waals surface area contributed by atoms with Gasteiger partial charge in [-0.2, -0.15) is 0 Å². The van der Waals surface area contributed by atoms with E-state index >= 15 is 0 Å². The van der Waals surface area contributed by atoms with Gasteiger partial charge in [-0.3, -0.25) is 0 Å². The number of pyridine rings is 1. The van der Waals surface area contributed by atoms with Crippen molar-refractivity contribution in [3.05, 3.63) is 27.4 Å². The van der Waals surface area contributed by atoms with Crippen molar-refractivity contribution in [2.75, 3.05) is 0 Å². The van der Waals surface area contributed by atoms with Gasteiger partial charge in [0.05, 0.1) is 11.6 Å². The maximum absolute atomic E-state index is 12.6. The zero-order chi connectivity index (χ0) is 13.4. The van der Waals surface area contributed by atoms with Gasteiger partial charge in [0.25, 0.3) is 15.5 Å². The quantitative estimate of drug-likeness (QED) is 0.482. The van der Waals surface area contributed by atoms with Crippen molar-refractivity contribution in [3.8, 4) is 0 Å². The van der Waals surface area contributed by atoms with E-state index in [1.807, 2.05) is 0 Å². The SMILES string of the molecule is Cc1nc([N+](=O)[O-])cc(S(=O)(=O)Cl)c1C(F)F. The first kappa shape index (κ1) is 13.7. The van der Waals surface area contributed by atoms with Gasteiger partial charge in [-0.15, -0.1) is 0 Å². The van der Waals surface area contributed by atoms with Crippen molar-refractivity contribution >= 4 is 25.6 Å². The van der Waals surface area contributed by atoms with Crippen molar-refractivity contribution in [3.63, 3.8) is 0 Å². The molecule has 1 heterocycles. The highest BCUT2D eigenvalue weighted by Gasteiger charge is 2.30. The molecule has 0 saturated heterocycles. The van der Waals surface area contributed by atoms with Gasteiger partial charge in [-0.05, 0) is 9.91 Å². The molecule has 10 heteroatoms. The molecule has 0 amide bonds. The number of hydrogen-bond acceptors (Lipinski definition) is 5. The van der Waals surface area contributed by atoms with Crippen molar-refractivity contribution in [1.82, 2.24) is 4.98 Å². The van der Waals surface area contributed by atoms with Gasteiger partial charge < -0.3 is 10.1 Å². The topological polar surface area (TPSA) is 90.2 Å². The fraction of sp³-hybridized carbons (Fsp3) is 0.286. The number of alkyl halides is 2. The second-order valence-corrected chi connectivity index (χ2v) is 5.51. The highest BCUT2D eigenvalue weighted by Crippen LogP contribution is 2.32. The number of hydrogen-bond donors (Lipinski definition) is 0. The summed E-state index contributed by atoms with van der Waals surface area (Å²) in [6.45, 7) is 1.04. The number of rotatable bonds is 3. The van der Waals surface area contributed by atoms with Gasteiger partial charge >= 0.3 is 5.82 Å². The molecule has 0 aliphatic heterocycles. The molecule has 0 N–H and O–H groups in total.